The highest BCUT2D eigenvalue weighted by Crippen LogP contribution is 2.51. The largest absolute Gasteiger partial charge is 0.380 e. The van der Waals surface area contributed by atoms with Crippen molar-refractivity contribution >= 4 is 16.8 Å². The van der Waals surface area contributed by atoms with Crippen LogP contribution in [0.25, 0.3) is 11.0 Å². The fourth-order valence-corrected chi connectivity index (χ4v) is 3.30. The van der Waals surface area contributed by atoms with Gasteiger partial charge < -0.3 is 4.74 Å². The molecule has 0 aromatic carbocycles. The number of hydrogen-bond donors (Lipinski definition) is 0. The van der Waals surface area contributed by atoms with Crippen LogP contribution in [0.3, 0.4) is 0 Å². The summed E-state index contributed by atoms with van der Waals surface area (Å²) in [4.78, 5) is 16.4. The number of pyridine rings is 1. The van der Waals surface area contributed by atoms with Crippen LogP contribution >= 0.6 is 0 Å². The first-order chi connectivity index (χ1) is 10.1. The van der Waals surface area contributed by atoms with Gasteiger partial charge in [-0.1, -0.05) is 6.08 Å². The maximum Gasteiger partial charge on any atom is 0.187 e. The van der Waals surface area contributed by atoms with Crippen molar-refractivity contribution in [2.75, 3.05) is 13.2 Å². The molecule has 0 atom stereocenters. The summed E-state index contributed by atoms with van der Waals surface area (Å²) in [5, 5.41) is 5.10. The molecule has 0 bridgehead atoms. The van der Waals surface area contributed by atoms with Crippen LogP contribution in [-0.2, 0) is 11.8 Å². The summed E-state index contributed by atoms with van der Waals surface area (Å²) in [6.45, 7) is 1.79. The molecule has 0 amide bonds. The van der Waals surface area contributed by atoms with Gasteiger partial charge in [0.2, 0.25) is 0 Å². The third-order valence-corrected chi connectivity index (χ3v) is 4.48. The van der Waals surface area contributed by atoms with Gasteiger partial charge >= 0.3 is 0 Å². The lowest BCUT2D eigenvalue weighted by atomic mass is 9.60. The summed E-state index contributed by atoms with van der Waals surface area (Å²) in [6.07, 6.45) is 9.50. The molecule has 0 unspecified atom stereocenters. The molecule has 1 saturated carbocycles. The number of aryl methyl sites for hydroxylation is 1. The molecular weight excluding hydrogens is 266 g/mol. The molecule has 21 heavy (non-hydrogen) atoms. The number of nitrogens with zero attached hydrogens (tertiary/aromatic N) is 3. The van der Waals surface area contributed by atoms with E-state index in [1.807, 2.05) is 25.4 Å². The zero-order chi connectivity index (χ0) is 14.4. The lowest BCUT2D eigenvalue weighted by Gasteiger charge is -2.52. The molecule has 5 nitrogen and oxygen atoms in total. The van der Waals surface area contributed by atoms with Gasteiger partial charge in [-0.3, -0.25) is 9.48 Å². The number of carbonyl (C=O) groups is 1. The van der Waals surface area contributed by atoms with Crippen molar-refractivity contribution in [3.63, 3.8) is 0 Å². The van der Waals surface area contributed by atoms with E-state index in [4.69, 9.17) is 4.74 Å². The number of rotatable bonds is 3. The number of carbonyl (C=O) groups excluding carboxylic acids is 1. The van der Waals surface area contributed by atoms with Gasteiger partial charge in [0.05, 0.1) is 13.2 Å². The van der Waals surface area contributed by atoms with Gasteiger partial charge in [-0.2, -0.15) is 5.10 Å². The smallest absolute Gasteiger partial charge is 0.187 e. The Morgan fingerprint density at radius 1 is 1.48 bits per heavy atom. The molecule has 4 rings (SSSR count). The first-order valence-electron chi connectivity index (χ1n) is 7.23. The second-order valence-electron chi connectivity index (χ2n) is 6.32. The molecule has 2 aromatic heterocycles. The predicted molar refractivity (Wildman–Crippen MR) is 78.0 cm³/mol. The van der Waals surface area contributed by atoms with Crippen LogP contribution in [0, 0.1) is 11.3 Å². The highest BCUT2D eigenvalue weighted by molar-refractivity contribution is 6.05. The van der Waals surface area contributed by atoms with E-state index in [1.54, 1.807) is 17.0 Å². The first kappa shape index (κ1) is 12.7. The number of hydrogen-bond acceptors (Lipinski definition) is 4. The molecule has 3 heterocycles. The summed E-state index contributed by atoms with van der Waals surface area (Å²) < 4.78 is 6.96. The monoisotopic (exact) mass is 283 g/mol. The fourth-order valence-electron chi connectivity index (χ4n) is 3.30. The number of ether oxygens (including phenoxy) is 1. The molecule has 2 aliphatic rings. The van der Waals surface area contributed by atoms with Crippen molar-refractivity contribution in [2.45, 2.75) is 12.8 Å². The highest BCUT2D eigenvalue weighted by Gasteiger charge is 2.48. The minimum atomic E-state index is 0.0130. The van der Waals surface area contributed by atoms with Gasteiger partial charge in [-0.25, -0.2) is 4.98 Å². The lowest BCUT2D eigenvalue weighted by Crippen LogP contribution is -2.51. The van der Waals surface area contributed by atoms with Gasteiger partial charge in [-0.15, -0.1) is 0 Å². The Hall–Kier alpha value is -2.01. The standard InChI is InChI=1S/C16H17N3O2/c1-19-8-13-4-12(7-17-15(13)18-19)14(20)3-2-11-5-16(6-11)9-21-10-16/h2-4,7-8,11H,5-6,9-10H2,1H3/b3-2+. The normalized spacial score (nSPS) is 20.8. The zero-order valence-electron chi connectivity index (χ0n) is 12.0. The third kappa shape index (κ3) is 2.17. The quantitative estimate of drug-likeness (QED) is 0.639. The number of allylic oxidation sites excluding steroid dienone is 2. The lowest BCUT2D eigenvalue weighted by molar-refractivity contribution is -0.170. The number of fused-ring (bicyclic) bond motifs is 1. The summed E-state index contributed by atoms with van der Waals surface area (Å²) in [5.74, 6) is 0.534. The summed E-state index contributed by atoms with van der Waals surface area (Å²) in [6, 6.07) is 1.85. The molecular formula is C16H17N3O2. The average Bonchev–Trinajstić information content (AvgIpc) is 2.73. The van der Waals surface area contributed by atoms with E-state index < -0.39 is 0 Å². The molecule has 1 spiro atoms. The van der Waals surface area contributed by atoms with Gasteiger partial charge in [0.1, 0.15) is 0 Å². The van der Waals surface area contributed by atoms with E-state index in [0.29, 0.717) is 22.5 Å². The number of aromatic nitrogens is 3. The molecule has 0 N–H and O–H groups in total. The van der Waals surface area contributed by atoms with Crippen molar-refractivity contribution in [1.29, 1.82) is 0 Å². The van der Waals surface area contributed by atoms with Gasteiger partial charge in [-0.05, 0) is 30.9 Å². The minimum absolute atomic E-state index is 0.0130. The Labute approximate surface area is 122 Å². The molecule has 1 saturated heterocycles. The highest BCUT2D eigenvalue weighted by atomic mass is 16.5. The molecule has 1 aliphatic heterocycles. The maximum absolute atomic E-state index is 12.2. The second kappa shape index (κ2) is 4.49. The van der Waals surface area contributed by atoms with E-state index in [2.05, 4.69) is 10.1 Å². The minimum Gasteiger partial charge on any atom is -0.380 e. The van der Waals surface area contributed by atoms with Crippen LogP contribution in [0.1, 0.15) is 23.2 Å². The Kier molecular flexibility index (Phi) is 2.72. The first-order valence-corrected chi connectivity index (χ1v) is 7.23. The van der Waals surface area contributed by atoms with Crippen LogP contribution in [-0.4, -0.2) is 33.8 Å². The van der Waals surface area contributed by atoms with Crippen LogP contribution in [0.15, 0.2) is 30.6 Å². The fraction of sp³-hybridized carbons (Fsp3) is 0.438. The summed E-state index contributed by atoms with van der Waals surface area (Å²) in [5.41, 5.74) is 1.73. The Morgan fingerprint density at radius 3 is 3.00 bits per heavy atom. The Morgan fingerprint density at radius 2 is 2.29 bits per heavy atom. The predicted octanol–water partition coefficient (Wildman–Crippen LogP) is 2.13. The van der Waals surface area contributed by atoms with Gasteiger partial charge in [0.25, 0.3) is 0 Å². The SMILES string of the molecule is Cn1cc2cc(C(=O)/C=C/C3CC4(COC4)C3)cnc2n1. The van der Waals surface area contributed by atoms with Gasteiger partial charge in [0.15, 0.2) is 11.4 Å². The molecule has 108 valence electrons. The van der Waals surface area contributed by atoms with Crippen molar-refractivity contribution < 1.29 is 9.53 Å². The molecule has 2 fully saturated rings. The van der Waals surface area contributed by atoms with E-state index in [0.717, 1.165) is 31.4 Å². The molecule has 1 aliphatic carbocycles. The van der Waals surface area contributed by atoms with Crippen LogP contribution in [0.5, 0.6) is 0 Å². The van der Waals surface area contributed by atoms with Crippen molar-refractivity contribution in [3.8, 4) is 0 Å². The topological polar surface area (TPSA) is 57.0 Å². The van der Waals surface area contributed by atoms with E-state index in [1.165, 1.54) is 0 Å². The molecule has 0 radical (unpaired) electrons. The zero-order valence-corrected chi connectivity index (χ0v) is 12.0. The molecule has 5 heteroatoms. The Bertz CT molecular complexity index is 735. The van der Waals surface area contributed by atoms with Crippen LogP contribution < -0.4 is 0 Å². The summed E-state index contributed by atoms with van der Waals surface area (Å²) >= 11 is 0. The van der Waals surface area contributed by atoms with Crippen molar-refractivity contribution in [2.24, 2.45) is 18.4 Å². The maximum atomic E-state index is 12.2. The average molecular weight is 283 g/mol. The van der Waals surface area contributed by atoms with E-state index in [-0.39, 0.29) is 5.78 Å². The van der Waals surface area contributed by atoms with E-state index in [9.17, 15) is 4.79 Å². The van der Waals surface area contributed by atoms with Crippen LogP contribution in [0.4, 0.5) is 0 Å². The van der Waals surface area contributed by atoms with Crippen molar-refractivity contribution in [3.05, 3.63) is 36.2 Å². The second-order valence-corrected chi connectivity index (χ2v) is 6.32. The third-order valence-electron chi connectivity index (χ3n) is 4.48. The van der Waals surface area contributed by atoms with E-state index >= 15 is 0 Å². The number of ketones is 1. The Balaban J connectivity index is 1.45. The molecule has 2 aromatic rings. The van der Waals surface area contributed by atoms with Gasteiger partial charge in [0, 0.05) is 35.8 Å². The summed E-state index contributed by atoms with van der Waals surface area (Å²) in [7, 11) is 1.85. The van der Waals surface area contributed by atoms with Crippen molar-refractivity contribution in [1.82, 2.24) is 14.8 Å². The van der Waals surface area contributed by atoms with Crippen LogP contribution in [0.2, 0.25) is 0 Å².